The van der Waals surface area contributed by atoms with Gasteiger partial charge >= 0.3 is 0 Å². The van der Waals surface area contributed by atoms with Gasteiger partial charge in [-0.2, -0.15) is 0 Å². The molecule has 0 bridgehead atoms. The van der Waals surface area contributed by atoms with Crippen LogP contribution in [0.4, 0.5) is 0 Å². The van der Waals surface area contributed by atoms with Gasteiger partial charge in [0.2, 0.25) is 5.91 Å². The number of likely N-dealkylation sites (N-methyl/N-ethyl adjacent to an activating group) is 1. The maximum atomic E-state index is 12.1. The third-order valence-electron chi connectivity index (χ3n) is 4.78. The highest BCUT2D eigenvalue weighted by molar-refractivity contribution is 7.91. The predicted octanol–water partition coefficient (Wildman–Crippen LogP) is 0.351. The van der Waals surface area contributed by atoms with Crippen LogP contribution in [0.5, 0.6) is 0 Å². The second-order valence-electron chi connectivity index (χ2n) is 6.65. The summed E-state index contributed by atoms with van der Waals surface area (Å²) in [6, 6.07) is 7.88. The molecule has 1 aromatic carbocycles. The molecule has 0 radical (unpaired) electrons. The monoisotopic (exact) mass is 364 g/mol. The van der Waals surface area contributed by atoms with Gasteiger partial charge in [-0.05, 0) is 25.6 Å². The molecule has 1 atom stereocenters. The number of aromatic nitrogens is 2. The second kappa shape index (κ2) is 7.13. The van der Waals surface area contributed by atoms with Gasteiger partial charge in [-0.25, -0.2) is 13.4 Å². The molecule has 7 nitrogen and oxygen atoms in total. The number of hydrogen-bond acceptors (Lipinski definition) is 5. The molecular formula is C17H24N4O3S. The van der Waals surface area contributed by atoms with Gasteiger partial charge in [0.1, 0.15) is 5.82 Å². The van der Waals surface area contributed by atoms with E-state index in [2.05, 4.69) is 10.3 Å². The van der Waals surface area contributed by atoms with E-state index in [0.29, 0.717) is 19.4 Å². The normalized spacial score (nSPS) is 19.6. The minimum Gasteiger partial charge on any atom is -0.355 e. The fraction of sp³-hybridized carbons (Fsp3) is 0.529. The molecule has 0 spiro atoms. The topological polar surface area (TPSA) is 84.3 Å². The van der Waals surface area contributed by atoms with Crippen LogP contribution < -0.4 is 5.32 Å². The fourth-order valence-corrected chi connectivity index (χ4v) is 5.07. The number of carbonyl (C=O) groups excluding carboxylic acids is 1. The molecule has 8 heteroatoms. The third-order valence-corrected chi connectivity index (χ3v) is 6.53. The zero-order chi connectivity index (χ0) is 18.0. The van der Waals surface area contributed by atoms with Gasteiger partial charge in [-0.15, -0.1) is 0 Å². The Morgan fingerprint density at radius 2 is 2.16 bits per heavy atom. The number of fused-ring (bicyclic) bond motifs is 1. The van der Waals surface area contributed by atoms with E-state index >= 15 is 0 Å². The summed E-state index contributed by atoms with van der Waals surface area (Å²) in [4.78, 5) is 18.5. The van der Waals surface area contributed by atoms with E-state index in [0.717, 1.165) is 16.9 Å². The van der Waals surface area contributed by atoms with Crippen molar-refractivity contribution in [1.29, 1.82) is 0 Å². The van der Waals surface area contributed by atoms with Gasteiger partial charge < -0.3 is 9.88 Å². The Morgan fingerprint density at radius 1 is 1.40 bits per heavy atom. The van der Waals surface area contributed by atoms with Crippen molar-refractivity contribution in [2.45, 2.75) is 18.9 Å². The summed E-state index contributed by atoms with van der Waals surface area (Å²) in [6.45, 7) is 0.718. The maximum absolute atomic E-state index is 12.1. The lowest BCUT2D eigenvalue weighted by molar-refractivity contribution is -0.122. The lowest BCUT2D eigenvalue weighted by Gasteiger charge is -2.22. The van der Waals surface area contributed by atoms with Crippen LogP contribution in [0.25, 0.3) is 11.0 Å². The molecule has 1 fully saturated rings. The van der Waals surface area contributed by atoms with Crippen LogP contribution in [0.1, 0.15) is 12.2 Å². The number of para-hydroxylation sites is 2. The van der Waals surface area contributed by atoms with Crippen molar-refractivity contribution in [2.75, 3.05) is 31.6 Å². The van der Waals surface area contributed by atoms with Crippen molar-refractivity contribution in [3.8, 4) is 0 Å². The van der Waals surface area contributed by atoms with Crippen LogP contribution in [-0.4, -0.2) is 66.5 Å². The van der Waals surface area contributed by atoms with Crippen LogP contribution in [0.2, 0.25) is 0 Å². The molecule has 2 heterocycles. The van der Waals surface area contributed by atoms with Crippen molar-refractivity contribution in [1.82, 2.24) is 19.8 Å². The van der Waals surface area contributed by atoms with E-state index in [1.54, 1.807) is 7.05 Å². The van der Waals surface area contributed by atoms with Crippen LogP contribution in [0.3, 0.4) is 0 Å². The number of rotatable bonds is 6. The number of carbonyl (C=O) groups is 1. The van der Waals surface area contributed by atoms with E-state index in [1.165, 1.54) is 0 Å². The molecule has 0 aliphatic carbocycles. The lowest BCUT2D eigenvalue weighted by Crippen LogP contribution is -2.41. The molecule has 3 rings (SSSR count). The van der Waals surface area contributed by atoms with Gasteiger partial charge in [0.15, 0.2) is 9.84 Å². The van der Waals surface area contributed by atoms with Crippen molar-refractivity contribution in [3.05, 3.63) is 30.1 Å². The van der Waals surface area contributed by atoms with Gasteiger partial charge in [-0.1, -0.05) is 12.1 Å². The average Bonchev–Trinajstić information content (AvgIpc) is 3.08. The summed E-state index contributed by atoms with van der Waals surface area (Å²) in [6.07, 6.45) is 1.25. The van der Waals surface area contributed by atoms with Gasteiger partial charge in [0.05, 0.1) is 29.1 Å². The Morgan fingerprint density at radius 3 is 2.84 bits per heavy atom. The first-order chi connectivity index (χ1) is 11.9. The minimum absolute atomic E-state index is 0.0596. The van der Waals surface area contributed by atoms with E-state index in [-0.39, 0.29) is 30.0 Å². The van der Waals surface area contributed by atoms with Gasteiger partial charge in [0, 0.05) is 26.1 Å². The molecule has 1 aromatic heterocycles. The zero-order valence-electron chi connectivity index (χ0n) is 14.6. The van der Waals surface area contributed by atoms with E-state index in [1.807, 2.05) is 40.8 Å². The fourth-order valence-electron chi connectivity index (χ4n) is 3.27. The highest BCUT2D eigenvalue weighted by atomic mass is 32.2. The van der Waals surface area contributed by atoms with Crippen LogP contribution in [0.15, 0.2) is 24.3 Å². The van der Waals surface area contributed by atoms with Crippen LogP contribution in [-0.2, 0) is 28.1 Å². The van der Waals surface area contributed by atoms with Crippen LogP contribution in [0, 0.1) is 0 Å². The smallest absolute Gasteiger partial charge is 0.234 e. The third kappa shape index (κ3) is 4.19. The number of nitrogens with one attached hydrogen (secondary N) is 1. The number of sulfone groups is 1. The number of hydrogen-bond donors (Lipinski definition) is 1. The number of imidazole rings is 1. The largest absolute Gasteiger partial charge is 0.355 e. The molecular weight excluding hydrogens is 340 g/mol. The van der Waals surface area contributed by atoms with Crippen molar-refractivity contribution in [3.63, 3.8) is 0 Å². The van der Waals surface area contributed by atoms with E-state index < -0.39 is 9.84 Å². The maximum Gasteiger partial charge on any atom is 0.234 e. The Bertz CT molecular complexity index is 875. The highest BCUT2D eigenvalue weighted by Crippen LogP contribution is 2.16. The Labute approximate surface area is 147 Å². The zero-order valence-corrected chi connectivity index (χ0v) is 15.4. The predicted molar refractivity (Wildman–Crippen MR) is 97.1 cm³/mol. The Kier molecular flexibility index (Phi) is 5.10. The standard InChI is InChI=1S/C17H24N4O3S/c1-20(13-8-10-25(23,24)12-13)11-17(22)18-9-7-16-19-14-5-3-4-6-15(14)21(16)2/h3-6,13H,7-12H2,1-2H3,(H,18,22). The molecule has 1 aliphatic heterocycles. The first-order valence-electron chi connectivity index (χ1n) is 8.43. The molecule has 1 aliphatic rings. The summed E-state index contributed by atoms with van der Waals surface area (Å²) in [5.74, 6) is 1.20. The summed E-state index contributed by atoms with van der Waals surface area (Å²) < 4.78 is 25.1. The lowest BCUT2D eigenvalue weighted by atomic mass is 10.2. The Hall–Kier alpha value is -1.93. The average molecular weight is 364 g/mol. The van der Waals surface area contributed by atoms with Crippen LogP contribution >= 0.6 is 0 Å². The molecule has 2 aromatic rings. The summed E-state index contributed by atoms with van der Waals surface area (Å²) in [7, 11) is 0.844. The van der Waals surface area contributed by atoms with Crippen molar-refractivity contribution in [2.24, 2.45) is 7.05 Å². The van der Waals surface area contributed by atoms with Gasteiger partial charge in [-0.3, -0.25) is 9.69 Å². The van der Waals surface area contributed by atoms with Gasteiger partial charge in [0.25, 0.3) is 0 Å². The molecule has 0 saturated carbocycles. The SMILES string of the molecule is CN(CC(=O)NCCc1nc2ccccc2n1C)C1CCS(=O)(=O)C1. The van der Waals surface area contributed by atoms with E-state index in [4.69, 9.17) is 0 Å². The minimum atomic E-state index is -2.93. The quantitative estimate of drug-likeness (QED) is 0.800. The Balaban J connectivity index is 1.48. The number of aryl methyl sites for hydroxylation is 1. The molecule has 136 valence electrons. The number of nitrogens with zero attached hydrogens (tertiary/aromatic N) is 3. The van der Waals surface area contributed by atoms with E-state index in [9.17, 15) is 13.2 Å². The molecule has 25 heavy (non-hydrogen) atoms. The van der Waals surface area contributed by atoms with Crippen molar-refractivity contribution < 1.29 is 13.2 Å². The number of benzene rings is 1. The number of amides is 1. The molecule has 1 saturated heterocycles. The molecule has 1 amide bonds. The highest BCUT2D eigenvalue weighted by Gasteiger charge is 2.31. The molecule has 1 unspecified atom stereocenters. The summed E-state index contributed by atoms with van der Waals surface area (Å²) >= 11 is 0. The first kappa shape index (κ1) is 17.9. The van der Waals surface area contributed by atoms with Crippen molar-refractivity contribution >= 4 is 26.8 Å². The summed E-state index contributed by atoms with van der Waals surface area (Å²) in [5, 5.41) is 2.89. The molecule has 1 N–H and O–H groups in total. The summed E-state index contributed by atoms with van der Waals surface area (Å²) in [5.41, 5.74) is 2.03. The second-order valence-corrected chi connectivity index (χ2v) is 8.88. The first-order valence-corrected chi connectivity index (χ1v) is 10.3.